The predicted octanol–water partition coefficient (Wildman–Crippen LogP) is 3.48. The molecule has 2 aromatic carbocycles. The number of halogens is 1. The second kappa shape index (κ2) is 8.91. The minimum Gasteiger partial charge on any atom is -0.490 e. The topological polar surface area (TPSA) is 93.7 Å². The molecule has 1 aliphatic heterocycles. The van der Waals surface area contributed by atoms with Crippen LogP contribution in [0.15, 0.2) is 46.4 Å². The van der Waals surface area contributed by atoms with Crippen LogP contribution in [0.3, 0.4) is 0 Å². The van der Waals surface area contributed by atoms with Gasteiger partial charge in [0.25, 0.3) is 11.8 Å². The summed E-state index contributed by atoms with van der Waals surface area (Å²) in [6, 6.07) is 10.5. The van der Waals surface area contributed by atoms with Crippen molar-refractivity contribution in [1.29, 1.82) is 0 Å². The Balaban J connectivity index is 1.91. The summed E-state index contributed by atoms with van der Waals surface area (Å²) >= 11 is 3.48. The molecule has 2 N–H and O–H groups in total. The molecular formula is C21H19BrN2O5. The van der Waals surface area contributed by atoms with Crippen LogP contribution in [0.4, 0.5) is 4.79 Å². The van der Waals surface area contributed by atoms with Gasteiger partial charge in [0.1, 0.15) is 12.2 Å². The molecule has 150 valence electrons. The highest BCUT2D eigenvalue weighted by atomic mass is 79.9. The summed E-state index contributed by atoms with van der Waals surface area (Å²) < 4.78 is 12.3. The van der Waals surface area contributed by atoms with Gasteiger partial charge >= 0.3 is 6.03 Å². The fourth-order valence-electron chi connectivity index (χ4n) is 2.77. The smallest absolute Gasteiger partial charge is 0.328 e. The molecule has 7 nitrogen and oxygen atoms in total. The van der Waals surface area contributed by atoms with E-state index in [1.165, 1.54) is 6.08 Å². The Labute approximate surface area is 176 Å². The van der Waals surface area contributed by atoms with Crippen LogP contribution >= 0.6 is 15.9 Å². The zero-order valence-electron chi connectivity index (χ0n) is 15.9. The number of barbiturate groups is 1. The Morgan fingerprint density at radius 1 is 1.03 bits per heavy atom. The quantitative estimate of drug-likeness (QED) is 0.510. The normalized spacial score (nSPS) is 13.6. The fourth-order valence-corrected chi connectivity index (χ4v) is 3.34. The van der Waals surface area contributed by atoms with Crippen molar-refractivity contribution in [2.75, 3.05) is 6.61 Å². The molecule has 0 aromatic heterocycles. The van der Waals surface area contributed by atoms with Crippen LogP contribution in [-0.2, 0) is 16.2 Å². The van der Waals surface area contributed by atoms with Crippen molar-refractivity contribution in [2.24, 2.45) is 0 Å². The van der Waals surface area contributed by atoms with Crippen molar-refractivity contribution >= 4 is 39.9 Å². The molecule has 0 saturated carbocycles. The van der Waals surface area contributed by atoms with Gasteiger partial charge in [0.05, 0.1) is 11.1 Å². The van der Waals surface area contributed by atoms with E-state index in [9.17, 15) is 14.4 Å². The lowest BCUT2D eigenvalue weighted by Gasteiger charge is -2.17. The minimum absolute atomic E-state index is 0.174. The Morgan fingerprint density at radius 2 is 1.72 bits per heavy atom. The molecular weight excluding hydrogens is 440 g/mol. The number of ether oxygens (including phenoxy) is 2. The predicted molar refractivity (Wildman–Crippen MR) is 110 cm³/mol. The highest BCUT2D eigenvalue weighted by Gasteiger charge is 2.28. The second-order valence-corrected chi connectivity index (χ2v) is 7.13. The number of urea groups is 1. The van der Waals surface area contributed by atoms with Gasteiger partial charge in [0.2, 0.25) is 0 Å². The van der Waals surface area contributed by atoms with Gasteiger partial charge in [-0.15, -0.1) is 0 Å². The Kier molecular flexibility index (Phi) is 6.33. The zero-order valence-corrected chi connectivity index (χ0v) is 17.5. The van der Waals surface area contributed by atoms with Crippen molar-refractivity contribution in [3.05, 3.63) is 63.1 Å². The summed E-state index contributed by atoms with van der Waals surface area (Å²) in [5.41, 5.74) is 2.53. The van der Waals surface area contributed by atoms with Crippen molar-refractivity contribution in [2.45, 2.75) is 20.5 Å². The number of imide groups is 2. The van der Waals surface area contributed by atoms with Crippen LogP contribution in [0.25, 0.3) is 6.08 Å². The Bertz CT molecular complexity index is 994. The number of rotatable bonds is 6. The maximum atomic E-state index is 11.9. The van der Waals surface area contributed by atoms with Gasteiger partial charge in [-0.1, -0.05) is 24.3 Å². The first-order chi connectivity index (χ1) is 13.9. The first kappa shape index (κ1) is 20.6. The largest absolute Gasteiger partial charge is 0.490 e. The van der Waals surface area contributed by atoms with E-state index in [0.717, 1.165) is 11.1 Å². The zero-order chi connectivity index (χ0) is 21.0. The molecule has 1 saturated heterocycles. The van der Waals surface area contributed by atoms with Crippen molar-refractivity contribution in [3.8, 4) is 11.5 Å². The Morgan fingerprint density at radius 3 is 2.38 bits per heavy atom. The number of carbonyl (C=O) groups is 3. The molecule has 0 spiro atoms. The van der Waals surface area contributed by atoms with E-state index in [4.69, 9.17) is 9.47 Å². The van der Waals surface area contributed by atoms with Crippen LogP contribution in [0.5, 0.6) is 11.5 Å². The number of carbonyl (C=O) groups excluding carboxylic acids is 3. The molecule has 3 rings (SSSR count). The number of nitrogens with one attached hydrogen (secondary N) is 2. The van der Waals surface area contributed by atoms with E-state index < -0.39 is 17.8 Å². The first-order valence-electron chi connectivity index (χ1n) is 8.91. The van der Waals surface area contributed by atoms with Gasteiger partial charge in [-0.2, -0.15) is 0 Å². The maximum Gasteiger partial charge on any atom is 0.328 e. The highest BCUT2D eigenvalue weighted by Crippen LogP contribution is 2.38. The molecule has 0 bridgehead atoms. The van der Waals surface area contributed by atoms with E-state index in [1.807, 2.05) is 48.7 Å². The van der Waals surface area contributed by atoms with Crippen molar-refractivity contribution in [3.63, 3.8) is 0 Å². The van der Waals surface area contributed by atoms with Crippen molar-refractivity contribution < 1.29 is 23.9 Å². The van der Waals surface area contributed by atoms with E-state index in [0.29, 0.717) is 34.7 Å². The third kappa shape index (κ3) is 4.83. The Hall–Kier alpha value is -3.13. The molecule has 8 heteroatoms. The van der Waals surface area contributed by atoms with E-state index in [1.54, 1.807) is 12.1 Å². The number of aryl methyl sites for hydroxylation is 1. The monoisotopic (exact) mass is 458 g/mol. The molecule has 0 aliphatic carbocycles. The van der Waals surface area contributed by atoms with Crippen molar-refractivity contribution in [1.82, 2.24) is 10.6 Å². The standard InChI is InChI=1S/C21H19BrN2O5/c1-3-28-17-10-13(8-15-19(25)23-21(27)24-20(15)26)9-16(22)18(17)29-11-14-7-5-4-6-12(14)2/h4-10H,3,11H2,1-2H3,(H2,23,24,25,26,27). The lowest BCUT2D eigenvalue weighted by atomic mass is 10.1. The van der Waals surface area contributed by atoms with Crippen LogP contribution in [-0.4, -0.2) is 24.5 Å². The second-order valence-electron chi connectivity index (χ2n) is 6.27. The molecule has 0 atom stereocenters. The fraction of sp³-hybridized carbons (Fsp3) is 0.190. The lowest BCUT2D eigenvalue weighted by Crippen LogP contribution is -2.51. The number of benzene rings is 2. The molecule has 29 heavy (non-hydrogen) atoms. The van der Waals surface area contributed by atoms with Gasteiger partial charge in [-0.3, -0.25) is 20.2 Å². The van der Waals surface area contributed by atoms with Crippen LogP contribution in [0.1, 0.15) is 23.6 Å². The van der Waals surface area contributed by atoms with Gasteiger partial charge in [0, 0.05) is 0 Å². The average Bonchev–Trinajstić information content (AvgIpc) is 2.65. The van der Waals surface area contributed by atoms with Gasteiger partial charge < -0.3 is 9.47 Å². The summed E-state index contributed by atoms with van der Waals surface area (Å²) in [6.45, 7) is 4.62. The summed E-state index contributed by atoms with van der Waals surface area (Å²) in [5, 5.41) is 4.09. The molecule has 1 heterocycles. The summed E-state index contributed by atoms with van der Waals surface area (Å²) in [5.74, 6) is -0.527. The third-order valence-corrected chi connectivity index (χ3v) is 4.81. The minimum atomic E-state index is -0.840. The van der Waals surface area contributed by atoms with Gasteiger partial charge in [-0.05, 0) is 64.7 Å². The highest BCUT2D eigenvalue weighted by molar-refractivity contribution is 9.10. The van der Waals surface area contributed by atoms with Crippen LogP contribution in [0.2, 0.25) is 0 Å². The van der Waals surface area contributed by atoms with Crippen LogP contribution in [0, 0.1) is 6.92 Å². The third-order valence-electron chi connectivity index (χ3n) is 4.22. The summed E-state index contributed by atoms with van der Waals surface area (Å²) in [4.78, 5) is 35.1. The summed E-state index contributed by atoms with van der Waals surface area (Å²) in [6.07, 6.45) is 1.38. The molecule has 4 amide bonds. The molecule has 1 fully saturated rings. The van der Waals surface area contributed by atoms with E-state index in [-0.39, 0.29) is 5.57 Å². The summed E-state index contributed by atoms with van der Waals surface area (Å²) in [7, 11) is 0. The average molecular weight is 459 g/mol. The lowest BCUT2D eigenvalue weighted by molar-refractivity contribution is -0.123. The SMILES string of the molecule is CCOc1cc(C=C2C(=O)NC(=O)NC2=O)cc(Br)c1OCc1ccccc1C. The van der Waals surface area contributed by atoms with Gasteiger partial charge in [0.15, 0.2) is 11.5 Å². The van der Waals surface area contributed by atoms with E-state index in [2.05, 4.69) is 15.9 Å². The van der Waals surface area contributed by atoms with Crippen LogP contribution < -0.4 is 20.1 Å². The first-order valence-corrected chi connectivity index (χ1v) is 9.70. The maximum absolute atomic E-state index is 11.9. The molecule has 0 unspecified atom stereocenters. The number of amides is 4. The molecule has 0 radical (unpaired) electrons. The van der Waals surface area contributed by atoms with Gasteiger partial charge in [-0.25, -0.2) is 4.79 Å². The molecule has 2 aromatic rings. The molecule has 1 aliphatic rings. The number of hydrogen-bond donors (Lipinski definition) is 2. The van der Waals surface area contributed by atoms with E-state index >= 15 is 0 Å². The number of hydrogen-bond acceptors (Lipinski definition) is 5.